The summed E-state index contributed by atoms with van der Waals surface area (Å²) in [6.45, 7) is 6.42. The summed E-state index contributed by atoms with van der Waals surface area (Å²) in [5.74, 6) is 1.04. The molecule has 0 N–H and O–H groups in total. The van der Waals surface area contributed by atoms with Crippen LogP contribution < -0.4 is 4.74 Å². The quantitative estimate of drug-likeness (QED) is 0.770. The van der Waals surface area contributed by atoms with Crippen molar-refractivity contribution >= 4 is 5.78 Å². The van der Waals surface area contributed by atoms with Gasteiger partial charge < -0.3 is 4.74 Å². The maximum absolute atomic E-state index is 12.4. The molecule has 0 radical (unpaired) electrons. The number of ketones is 1. The summed E-state index contributed by atoms with van der Waals surface area (Å²) in [6.07, 6.45) is 4.99. The van der Waals surface area contributed by atoms with Gasteiger partial charge in [-0.25, -0.2) is 0 Å². The second-order valence-electron chi connectivity index (χ2n) is 5.55. The molecule has 0 spiro atoms. The van der Waals surface area contributed by atoms with E-state index >= 15 is 0 Å². The van der Waals surface area contributed by atoms with Crippen LogP contribution in [-0.2, 0) is 0 Å². The molecule has 110 valence electrons. The third-order valence-electron chi connectivity index (χ3n) is 4.02. The molecular formula is C17H25NO2. The van der Waals surface area contributed by atoms with Crippen molar-refractivity contribution in [1.82, 2.24) is 4.90 Å². The maximum atomic E-state index is 12.4. The molecule has 1 aliphatic heterocycles. The highest BCUT2D eigenvalue weighted by Crippen LogP contribution is 2.18. The Kier molecular flexibility index (Phi) is 5.60. The van der Waals surface area contributed by atoms with Crippen LogP contribution in [0.4, 0.5) is 0 Å². The number of Topliss-reactive ketones (excluding diaryl/α,β-unsaturated/α-hetero) is 1. The number of carbonyl (C=O) groups excluding carboxylic acids is 1. The van der Waals surface area contributed by atoms with Gasteiger partial charge in [0.15, 0.2) is 5.78 Å². The van der Waals surface area contributed by atoms with E-state index in [2.05, 4.69) is 11.8 Å². The summed E-state index contributed by atoms with van der Waals surface area (Å²) in [5, 5.41) is 0. The van der Waals surface area contributed by atoms with Crippen LogP contribution >= 0.6 is 0 Å². The van der Waals surface area contributed by atoms with Gasteiger partial charge in [-0.1, -0.05) is 12.8 Å². The molecule has 1 atom stereocenters. The van der Waals surface area contributed by atoms with E-state index < -0.39 is 0 Å². The highest BCUT2D eigenvalue weighted by molar-refractivity contribution is 5.97. The normalized spacial score (nSPS) is 20.4. The van der Waals surface area contributed by atoms with Crippen LogP contribution in [0.25, 0.3) is 0 Å². The van der Waals surface area contributed by atoms with Gasteiger partial charge in [0, 0.05) is 11.6 Å². The van der Waals surface area contributed by atoms with Crippen molar-refractivity contribution in [3.05, 3.63) is 29.8 Å². The number of hydrogen-bond donors (Lipinski definition) is 0. The Hall–Kier alpha value is -1.35. The Labute approximate surface area is 121 Å². The zero-order chi connectivity index (χ0) is 14.4. The molecule has 0 aromatic heterocycles. The lowest BCUT2D eigenvalue weighted by molar-refractivity contribution is 0.0901. The Morgan fingerprint density at radius 2 is 2.00 bits per heavy atom. The third kappa shape index (κ3) is 4.07. The summed E-state index contributed by atoms with van der Waals surface area (Å²) in [7, 11) is 0. The molecule has 20 heavy (non-hydrogen) atoms. The minimum absolute atomic E-state index is 0.210. The molecule has 1 saturated heterocycles. The topological polar surface area (TPSA) is 29.5 Å². The summed E-state index contributed by atoms with van der Waals surface area (Å²) in [4.78, 5) is 14.7. The van der Waals surface area contributed by atoms with E-state index in [4.69, 9.17) is 4.74 Å². The van der Waals surface area contributed by atoms with Crippen LogP contribution in [0, 0.1) is 0 Å². The molecule has 1 aliphatic rings. The van der Waals surface area contributed by atoms with Gasteiger partial charge in [0.05, 0.1) is 13.2 Å². The van der Waals surface area contributed by atoms with Gasteiger partial charge in [-0.05, 0) is 57.5 Å². The summed E-state index contributed by atoms with van der Waals surface area (Å²) in [5.41, 5.74) is 0.782. The molecule has 1 heterocycles. The van der Waals surface area contributed by atoms with Crippen LogP contribution in [-0.4, -0.2) is 36.4 Å². The van der Waals surface area contributed by atoms with E-state index in [1.54, 1.807) is 0 Å². The fraction of sp³-hybridized carbons (Fsp3) is 0.588. The SMILES string of the molecule is CCOc1ccc(C(=O)CN2CCCCCC2C)cc1. The molecule has 0 amide bonds. The smallest absolute Gasteiger partial charge is 0.176 e. The lowest BCUT2D eigenvalue weighted by atomic mass is 10.1. The maximum Gasteiger partial charge on any atom is 0.176 e. The predicted octanol–water partition coefficient (Wildman–Crippen LogP) is 3.53. The van der Waals surface area contributed by atoms with Gasteiger partial charge in [-0.2, -0.15) is 0 Å². The van der Waals surface area contributed by atoms with Gasteiger partial charge in [0.2, 0.25) is 0 Å². The monoisotopic (exact) mass is 275 g/mol. The van der Waals surface area contributed by atoms with E-state index in [-0.39, 0.29) is 5.78 Å². The Bertz CT molecular complexity index is 427. The van der Waals surface area contributed by atoms with Gasteiger partial charge in [-0.3, -0.25) is 9.69 Å². The number of likely N-dealkylation sites (tertiary alicyclic amines) is 1. The fourth-order valence-electron chi connectivity index (χ4n) is 2.75. The second-order valence-corrected chi connectivity index (χ2v) is 5.55. The van der Waals surface area contributed by atoms with Crippen LogP contribution in [0.5, 0.6) is 5.75 Å². The molecule has 0 saturated carbocycles. The molecule has 1 aromatic rings. The highest BCUT2D eigenvalue weighted by Gasteiger charge is 2.19. The summed E-state index contributed by atoms with van der Waals surface area (Å²) >= 11 is 0. The minimum atomic E-state index is 0.210. The van der Waals surface area contributed by atoms with Crippen molar-refractivity contribution in [3.8, 4) is 5.75 Å². The highest BCUT2D eigenvalue weighted by atomic mass is 16.5. The first kappa shape index (κ1) is 15.0. The van der Waals surface area contributed by atoms with Gasteiger partial charge in [-0.15, -0.1) is 0 Å². The Balaban J connectivity index is 1.96. The number of hydrogen-bond acceptors (Lipinski definition) is 3. The molecule has 3 heteroatoms. The molecular weight excluding hydrogens is 250 g/mol. The molecule has 1 fully saturated rings. The summed E-state index contributed by atoms with van der Waals surface area (Å²) in [6, 6.07) is 8.01. The summed E-state index contributed by atoms with van der Waals surface area (Å²) < 4.78 is 5.40. The van der Waals surface area contributed by atoms with Crippen molar-refractivity contribution in [2.24, 2.45) is 0 Å². The number of ether oxygens (including phenoxy) is 1. The van der Waals surface area contributed by atoms with Crippen LogP contribution in [0.2, 0.25) is 0 Å². The largest absolute Gasteiger partial charge is 0.494 e. The average molecular weight is 275 g/mol. The van der Waals surface area contributed by atoms with Crippen LogP contribution in [0.3, 0.4) is 0 Å². The number of benzene rings is 1. The van der Waals surface area contributed by atoms with Crippen molar-refractivity contribution in [3.63, 3.8) is 0 Å². The standard InChI is InChI=1S/C17H25NO2/c1-3-20-16-10-8-15(9-11-16)17(19)13-18-12-6-4-5-7-14(18)2/h8-11,14H,3-7,12-13H2,1-2H3. The van der Waals surface area contributed by atoms with E-state index in [9.17, 15) is 4.79 Å². The van der Waals surface area contributed by atoms with Crippen molar-refractivity contribution < 1.29 is 9.53 Å². The first-order valence-electron chi connectivity index (χ1n) is 7.71. The van der Waals surface area contributed by atoms with Crippen molar-refractivity contribution in [1.29, 1.82) is 0 Å². The zero-order valence-corrected chi connectivity index (χ0v) is 12.6. The Morgan fingerprint density at radius 3 is 2.70 bits per heavy atom. The predicted molar refractivity (Wildman–Crippen MR) is 81.4 cm³/mol. The van der Waals surface area contributed by atoms with Crippen molar-refractivity contribution in [2.45, 2.75) is 45.6 Å². The third-order valence-corrected chi connectivity index (χ3v) is 4.02. The van der Waals surface area contributed by atoms with E-state index in [1.165, 1.54) is 25.7 Å². The first-order valence-corrected chi connectivity index (χ1v) is 7.71. The molecule has 1 unspecified atom stereocenters. The fourth-order valence-corrected chi connectivity index (χ4v) is 2.75. The first-order chi connectivity index (χ1) is 9.70. The lowest BCUT2D eigenvalue weighted by Gasteiger charge is -2.26. The molecule has 1 aromatic carbocycles. The number of nitrogens with zero attached hydrogens (tertiary/aromatic N) is 1. The van der Waals surface area contributed by atoms with Gasteiger partial charge in [0.25, 0.3) is 0 Å². The van der Waals surface area contributed by atoms with Gasteiger partial charge in [0.1, 0.15) is 5.75 Å². The molecule has 0 bridgehead atoms. The van der Waals surface area contributed by atoms with E-state index in [0.29, 0.717) is 19.2 Å². The molecule has 3 nitrogen and oxygen atoms in total. The number of carbonyl (C=O) groups is 1. The van der Waals surface area contributed by atoms with E-state index in [0.717, 1.165) is 17.9 Å². The molecule has 0 aliphatic carbocycles. The zero-order valence-electron chi connectivity index (χ0n) is 12.6. The minimum Gasteiger partial charge on any atom is -0.494 e. The van der Waals surface area contributed by atoms with E-state index in [1.807, 2.05) is 31.2 Å². The Morgan fingerprint density at radius 1 is 1.25 bits per heavy atom. The average Bonchev–Trinajstić information content (AvgIpc) is 2.65. The molecule has 2 rings (SSSR count). The lowest BCUT2D eigenvalue weighted by Crippen LogP contribution is -2.37. The van der Waals surface area contributed by atoms with Gasteiger partial charge >= 0.3 is 0 Å². The van der Waals surface area contributed by atoms with Crippen LogP contribution in [0.1, 0.15) is 49.9 Å². The number of rotatable bonds is 5. The second kappa shape index (κ2) is 7.44. The van der Waals surface area contributed by atoms with Crippen molar-refractivity contribution in [2.75, 3.05) is 19.7 Å². The van der Waals surface area contributed by atoms with Crippen LogP contribution in [0.15, 0.2) is 24.3 Å².